The van der Waals surface area contributed by atoms with Gasteiger partial charge in [0.05, 0.1) is 0 Å². The molecule has 0 unspecified atom stereocenters. The van der Waals surface area contributed by atoms with Crippen LogP contribution in [0, 0.1) is 23.3 Å². The normalized spacial score (nSPS) is 12.7. The van der Waals surface area contributed by atoms with Crippen LogP contribution in [0.2, 0.25) is 0 Å². The van der Waals surface area contributed by atoms with Crippen LogP contribution in [0.15, 0.2) is 72.8 Å². The molecule has 34 heavy (non-hydrogen) atoms. The molecule has 0 N–H and O–H groups in total. The number of fused-ring (bicyclic) bond motifs is 4. The molecule has 0 nitrogen and oxygen atoms in total. The molecular formula is C30H12F4. The molecule has 160 valence electrons. The molecule has 4 heteroatoms. The molecular weight excluding hydrogens is 436 g/mol. The lowest BCUT2D eigenvalue weighted by atomic mass is 9.84. The maximum absolute atomic E-state index is 15.1. The number of hydrogen-bond donors (Lipinski definition) is 0. The third kappa shape index (κ3) is 1.97. The predicted octanol–water partition coefficient (Wildman–Crippen LogP) is 9.19. The first-order valence-corrected chi connectivity index (χ1v) is 11.0. The van der Waals surface area contributed by atoms with Crippen LogP contribution in [-0.4, -0.2) is 0 Å². The smallest absolute Gasteiger partial charge is 0.198 e. The summed E-state index contributed by atoms with van der Waals surface area (Å²) < 4.78 is 58.2. The number of halogens is 4. The molecule has 8 aromatic carbocycles. The van der Waals surface area contributed by atoms with Crippen molar-refractivity contribution in [2.45, 2.75) is 0 Å². The number of hydrogen-bond acceptors (Lipinski definition) is 0. The summed E-state index contributed by atoms with van der Waals surface area (Å²) >= 11 is 0. The zero-order valence-electron chi connectivity index (χ0n) is 17.4. The van der Waals surface area contributed by atoms with Crippen molar-refractivity contribution in [1.29, 1.82) is 0 Å². The highest BCUT2D eigenvalue weighted by Gasteiger charge is 2.25. The average Bonchev–Trinajstić information content (AvgIpc) is 2.87. The minimum Gasteiger partial charge on any atom is -0.203 e. The second kappa shape index (κ2) is 5.84. The zero-order valence-corrected chi connectivity index (χ0v) is 17.4. The SMILES string of the molecule is Fc1c(F)c(F)c2c(cc3ccc4cc5c6ccccc6cc6ccc7cc2c3c4c7c65)c1F. The fraction of sp³-hybridized carbons (Fsp3) is 0. The number of benzene rings is 8. The Bertz CT molecular complexity index is 2160. The van der Waals surface area contributed by atoms with E-state index in [2.05, 4.69) is 24.3 Å². The zero-order chi connectivity index (χ0) is 22.9. The molecule has 0 saturated carbocycles. The first kappa shape index (κ1) is 18.3. The van der Waals surface area contributed by atoms with Crippen LogP contribution in [0.25, 0.3) is 75.4 Å². The summed E-state index contributed by atoms with van der Waals surface area (Å²) in [6.07, 6.45) is 0. The van der Waals surface area contributed by atoms with Crippen molar-refractivity contribution >= 4 is 75.4 Å². The maximum atomic E-state index is 15.1. The van der Waals surface area contributed by atoms with E-state index in [1.807, 2.05) is 36.4 Å². The van der Waals surface area contributed by atoms with E-state index in [0.717, 1.165) is 53.9 Å². The highest BCUT2D eigenvalue weighted by molar-refractivity contribution is 6.40. The summed E-state index contributed by atoms with van der Waals surface area (Å²) in [6.45, 7) is 0. The van der Waals surface area contributed by atoms with Crippen molar-refractivity contribution in [3.05, 3.63) is 96.1 Å². The van der Waals surface area contributed by atoms with Crippen LogP contribution in [-0.2, 0) is 0 Å². The highest BCUT2D eigenvalue weighted by atomic mass is 19.2. The highest BCUT2D eigenvalue weighted by Crippen LogP contribution is 2.47. The molecule has 0 aliphatic heterocycles. The molecule has 0 bridgehead atoms. The second-order valence-electron chi connectivity index (χ2n) is 9.02. The second-order valence-corrected chi connectivity index (χ2v) is 9.02. The van der Waals surface area contributed by atoms with Gasteiger partial charge < -0.3 is 0 Å². The van der Waals surface area contributed by atoms with Gasteiger partial charge in [0.15, 0.2) is 23.3 Å². The van der Waals surface area contributed by atoms with Crippen molar-refractivity contribution < 1.29 is 17.6 Å². The van der Waals surface area contributed by atoms with Gasteiger partial charge in [0.2, 0.25) is 0 Å². The fourth-order valence-corrected chi connectivity index (χ4v) is 5.97. The van der Waals surface area contributed by atoms with Gasteiger partial charge in [-0.2, -0.15) is 0 Å². The molecule has 0 aromatic heterocycles. The Hall–Kier alpha value is -4.18. The van der Waals surface area contributed by atoms with Crippen molar-refractivity contribution in [2.24, 2.45) is 0 Å². The quantitative estimate of drug-likeness (QED) is 0.0713. The molecule has 0 amide bonds. The van der Waals surface area contributed by atoms with Gasteiger partial charge in [0, 0.05) is 10.8 Å². The Labute approximate surface area is 189 Å². The molecule has 0 spiro atoms. The molecule has 0 heterocycles. The van der Waals surface area contributed by atoms with Crippen molar-refractivity contribution in [3.8, 4) is 0 Å². The van der Waals surface area contributed by atoms with Gasteiger partial charge in [-0.3, -0.25) is 0 Å². The maximum Gasteiger partial charge on any atom is 0.198 e. The third-order valence-electron chi connectivity index (χ3n) is 7.36. The van der Waals surface area contributed by atoms with Crippen LogP contribution >= 0.6 is 0 Å². The van der Waals surface area contributed by atoms with E-state index in [0.29, 0.717) is 10.8 Å². The number of rotatable bonds is 0. The summed E-state index contributed by atoms with van der Waals surface area (Å²) in [5.41, 5.74) is 0. The Balaban J connectivity index is 1.74. The summed E-state index contributed by atoms with van der Waals surface area (Å²) in [5, 5.41) is 10.6. The first-order chi connectivity index (χ1) is 16.5. The predicted molar refractivity (Wildman–Crippen MR) is 131 cm³/mol. The fourth-order valence-electron chi connectivity index (χ4n) is 5.97. The Morgan fingerprint density at radius 1 is 0.324 bits per heavy atom. The molecule has 8 aromatic rings. The lowest BCUT2D eigenvalue weighted by Crippen LogP contribution is -1.99. The van der Waals surface area contributed by atoms with E-state index in [9.17, 15) is 13.2 Å². The Kier molecular flexibility index (Phi) is 3.14. The molecule has 0 radical (unpaired) electrons. The van der Waals surface area contributed by atoms with Crippen molar-refractivity contribution in [2.75, 3.05) is 0 Å². The van der Waals surface area contributed by atoms with Crippen LogP contribution in [0.1, 0.15) is 0 Å². The summed E-state index contributed by atoms with van der Waals surface area (Å²) in [6, 6.07) is 23.5. The van der Waals surface area contributed by atoms with Gasteiger partial charge in [0.25, 0.3) is 0 Å². The lowest BCUT2D eigenvalue weighted by Gasteiger charge is -2.19. The van der Waals surface area contributed by atoms with Crippen LogP contribution in [0.3, 0.4) is 0 Å². The van der Waals surface area contributed by atoms with Gasteiger partial charge in [-0.05, 0) is 88.9 Å². The van der Waals surface area contributed by atoms with Crippen LogP contribution < -0.4 is 0 Å². The molecule has 8 rings (SSSR count). The van der Waals surface area contributed by atoms with Gasteiger partial charge in [-0.1, -0.05) is 48.5 Å². The summed E-state index contributed by atoms with van der Waals surface area (Å²) in [4.78, 5) is 0. The molecule has 0 atom stereocenters. The molecule has 0 saturated heterocycles. The van der Waals surface area contributed by atoms with Gasteiger partial charge in [-0.25, -0.2) is 17.6 Å². The van der Waals surface area contributed by atoms with E-state index < -0.39 is 23.3 Å². The van der Waals surface area contributed by atoms with Crippen LogP contribution in [0.4, 0.5) is 17.6 Å². The van der Waals surface area contributed by atoms with E-state index in [1.165, 1.54) is 6.07 Å². The molecule has 0 aliphatic rings. The summed E-state index contributed by atoms with van der Waals surface area (Å²) in [5.74, 6) is -6.32. The van der Waals surface area contributed by atoms with Gasteiger partial charge in [0.1, 0.15) is 0 Å². The molecule has 0 aliphatic carbocycles. The monoisotopic (exact) mass is 448 g/mol. The largest absolute Gasteiger partial charge is 0.203 e. The van der Waals surface area contributed by atoms with Gasteiger partial charge in [-0.15, -0.1) is 0 Å². The lowest BCUT2D eigenvalue weighted by molar-refractivity contribution is 0.418. The Morgan fingerprint density at radius 2 is 0.853 bits per heavy atom. The average molecular weight is 448 g/mol. The van der Waals surface area contributed by atoms with Crippen molar-refractivity contribution in [1.82, 2.24) is 0 Å². The molecule has 0 fully saturated rings. The van der Waals surface area contributed by atoms with Crippen molar-refractivity contribution in [3.63, 3.8) is 0 Å². The van der Waals surface area contributed by atoms with E-state index in [4.69, 9.17) is 0 Å². The summed E-state index contributed by atoms with van der Waals surface area (Å²) in [7, 11) is 0. The van der Waals surface area contributed by atoms with E-state index >= 15 is 4.39 Å². The van der Waals surface area contributed by atoms with E-state index in [-0.39, 0.29) is 10.8 Å². The first-order valence-electron chi connectivity index (χ1n) is 11.0. The Morgan fingerprint density at radius 3 is 1.59 bits per heavy atom. The minimum absolute atomic E-state index is 0.229. The van der Waals surface area contributed by atoms with Crippen LogP contribution in [0.5, 0.6) is 0 Å². The van der Waals surface area contributed by atoms with E-state index in [1.54, 1.807) is 6.07 Å². The topological polar surface area (TPSA) is 0 Å². The minimum atomic E-state index is -1.79. The standard InChI is InChI=1S/C30H12F4/c31-27-21-12-15-6-8-16-10-19-18-4-2-1-3-13(18)9-14-5-7-17-11-20(23(15)25(16)24(17)22(14)19)26(21)28(32)30(34)29(27)33/h1-12H. The third-order valence-corrected chi connectivity index (χ3v) is 7.36. The van der Waals surface area contributed by atoms with Gasteiger partial charge >= 0.3 is 0 Å².